The first kappa shape index (κ1) is 7.19. The highest BCUT2D eigenvalue weighted by atomic mass is 15.2. The molecule has 2 aliphatic rings. The van der Waals surface area contributed by atoms with Crippen LogP contribution in [0.3, 0.4) is 0 Å². The molecule has 2 nitrogen and oxygen atoms in total. The van der Waals surface area contributed by atoms with Crippen LogP contribution in [0, 0.1) is 0 Å². The minimum absolute atomic E-state index is 1.14. The Balaban J connectivity index is 0.0000001000. The van der Waals surface area contributed by atoms with Gasteiger partial charge in [-0.25, -0.2) is 0 Å². The van der Waals surface area contributed by atoms with Crippen LogP contribution < -0.4 is 5.32 Å². The van der Waals surface area contributed by atoms with Crippen molar-refractivity contribution in [3.63, 3.8) is 0 Å². The van der Waals surface area contributed by atoms with E-state index in [-0.39, 0.29) is 0 Å². The zero-order valence-corrected chi connectivity index (χ0v) is 6.21. The Bertz CT molecular complexity index is 119. The summed E-state index contributed by atoms with van der Waals surface area (Å²) >= 11 is 0. The second kappa shape index (κ2) is 3.99. The van der Waals surface area contributed by atoms with Gasteiger partial charge in [-0.05, 0) is 18.8 Å². The summed E-state index contributed by atoms with van der Waals surface area (Å²) < 4.78 is 0. The van der Waals surface area contributed by atoms with Crippen LogP contribution in [0.15, 0.2) is 25.1 Å². The third kappa shape index (κ3) is 3.17. The highest BCUT2D eigenvalue weighted by Gasteiger charge is 2.08. The average Bonchev–Trinajstić information content (AvgIpc) is 2.63. The molecule has 0 saturated carbocycles. The highest BCUT2D eigenvalue weighted by molar-refractivity contribution is 4.86. The van der Waals surface area contributed by atoms with Crippen LogP contribution in [0.5, 0.6) is 0 Å². The summed E-state index contributed by atoms with van der Waals surface area (Å²) in [4.78, 5) is 2.14. The molecule has 2 heteroatoms. The summed E-state index contributed by atoms with van der Waals surface area (Å²) in [6.45, 7) is 7.14. The van der Waals surface area contributed by atoms with Crippen LogP contribution in [-0.2, 0) is 0 Å². The number of rotatable bonds is 1. The molecule has 0 aliphatic carbocycles. The van der Waals surface area contributed by atoms with Crippen molar-refractivity contribution in [3.05, 3.63) is 25.1 Å². The molecule has 0 radical (unpaired) electrons. The molecule has 0 spiro atoms. The maximum Gasteiger partial charge on any atom is 0.0349 e. The largest absolute Gasteiger partial charge is 0.391 e. The first-order valence-corrected chi connectivity index (χ1v) is 3.68. The van der Waals surface area contributed by atoms with Gasteiger partial charge in [0.05, 0.1) is 0 Å². The van der Waals surface area contributed by atoms with E-state index in [1.54, 1.807) is 0 Å². The molecule has 0 amide bonds. The Kier molecular flexibility index (Phi) is 2.87. The lowest BCUT2D eigenvalue weighted by molar-refractivity contribution is 0.776. The molecule has 0 unspecified atom stereocenters. The monoisotopic (exact) mass is 138 g/mol. The van der Waals surface area contributed by atoms with Gasteiger partial charge in [-0.1, -0.05) is 12.7 Å². The van der Waals surface area contributed by atoms with Gasteiger partial charge >= 0.3 is 0 Å². The maximum absolute atomic E-state index is 3.55. The van der Waals surface area contributed by atoms with Gasteiger partial charge in [-0.3, -0.25) is 0 Å². The fourth-order valence-corrected chi connectivity index (χ4v) is 0.657. The van der Waals surface area contributed by atoms with Crippen molar-refractivity contribution in [1.82, 2.24) is 10.2 Å². The van der Waals surface area contributed by atoms with Crippen molar-refractivity contribution in [2.24, 2.45) is 0 Å². The second-order valence-corrected chi connectivity index (χ2v) is 2.36. The van der Waals surface area contributed by atoms with E-state index in [1.807, 2.05) is 12.4 Å². The van der Waals surface area contributed by atoms with E-state index in [2.05, 4.69) is 22.9 Å². The van der Waals surface area contributed by atoms with Crippen LogP contribution in [-0.4, -0.2) is 24.5 Å². The lowest BCUT2D eigenvalue weighted by Gasteiger charge is -1.78. The predicted molar refractivity (Wildman–Crippen MR) is 43.5 cm³/mol. The predicted octanol–water partition coefficient (Wildman–Crippen LogP) is 0.939. The fraction of sp³-hybridized carbons (Fsp3) is 0.500. The molecule has 0 atom stereocenters. The fourth-order valence-electron chi connectivity index (χ4n) is 0.657. The lowest BCUT2D eigenvalue weighted by atomic mass is 10.5. The molecule has 2 rings (SSSR count). The Morgan fingerprint density at radius 3 is 2.40 bits per heavy atom. The third-order valence-corrected chi connectivity index (χ3v) is 1.43. The molecule has 0 aromatic heterocycles. The van der Waals surface area contributed by atoms with Gasteiger partial charge in [0.1, 0.15) is 0 Å². The number of hydrogen-bond donors (Lipinski definition) is 1. The van der Waals surface area contributed by atoms with Crippen molar-refractivity contribution in [1.29, 1.82) is 0 Å². The second-order valence-electron chi connectivity index (χ2n) is 2.36. The van der Waals surface area contributed by atoms with Gasteiger partial charge in [0.2, 0.25) is 0 Å². The molecule has 10 heavy (non-hydrogen) atoms. The maximum atomic E-state index is 3.55. The van der Waals surface area contributed by atoms with E-state index >= 15 is 0 Å². The van der Waals surface area contributed by atoms with E-state index in [0.717, 1.165) is 6.54 Å². The van der Waals surface area contributed by atoms with Crippen molar-refractivity contribution in [2.75, 3.05) is 19.6 Å². The third-order valence-electron chi connectivity index (χ3n) is 1.43. The lowest BCUT2D eigenvalue weighted by Crippen LogP contribution is -1.96. The number of nitrogens with one attached hydrogen (secondary N) is 1. The topological polar surface area (TPSA) is 15.0 Å². The van der Waals surface area contributed by atoms with Gasteiger partial charge in [0, 0.05) is 19.6 Å². The highest BCUT2D eigenvalue weighted by Crippen LogP contribution is 1.99. The van der Waals surface area contributed by atoms with Crippen LogP contribution in [0.1, 0.15) is 6.42 Å². The summed E-state index contributed by atoms with van der Waals surface area (Å²) in [5, 5.41) is 3.04. The summed E-state index contributed by atoms with van der Waals surface area (Å²) in [6, 6.07) is 0. The molecular weight excluding hydrogens is 124 g/mol. The van der Waals surface area contributed by atoms with Crippen LogP contribution in [0.2, 0.25) is 0 Å². The van der Waals surface area contributed by atoms with Crippen molar-refractivity contribution in [3.8, 4) is 0 Å². The van der Waals surface area contributed by atoms with E-state index in [0.29, 0.717) is 0 Å². The average molecular weight is 138 g/mol. The van der Waals surface area contributed by atoms with Gasteiger partial charge in [-0.2, -0.15) is 0 Å². The van der Waals surface area contributed by atoms with Gasteiger partial charge < -0.3 is 10.2 Å². The SMILES string of the molecule is C1=CNCC1.C=CN1CC1. The summed E-state index contributed by atoms with van der Waals surface area (Å²) in [5.74, 6) is 0. The van der Waals surface area contributed by atoms with Crippen LogP contribution >= 0.6 is 0 Å². The summed E-state index contributed by atoms with van der Waals surface area (Å²) in [5.41, 5.74) is 0. The van der Waals surface area contributed by atoms with E-state index < -0.39 is 0 Å². The molecule has 0 bridgehead atoms. The molecule has 56 valence electrons. The Morgan fingerprint density at radius 1 is 1.50 bits per heavy atom. The van der Waals surface area contributed by atoms with Gasteiger partial charge in [-0.15, -0.1) is 0 Å². The summed E-state index contributed by atoms with van der Waals surface area (Å²) in [7, 11) is 0. The molecule has 1 saturated heterocycles. The molecule has 2 aliphatic heterocycles. The molecule has 0 aromatic rings. The first-order chi connectivity index (χ1) is 4.93. The normalized spacial score (nSPS) is 19.0. The van der Waals surface area contributed by atoms with E-state index in [4.69, 9.17) is 0 Å². The zero-order valence-electron chi connectivity index (χ0n) is 6.21. The minimum Gasteiger partial charge on any atom is -0.391 e. The Labute approximate surface area is 62.2 Å². The van der Waals surface area contributed by atoms with Crippen LogP contribution in [0.4, 0.5) is 0 Å². The molecule has 0 aromatic carbocycles. The summed E-state index contributed by atoms with van der Waals surface area (Å²) in [6.07, 6.45) is 7.18. The van der Waals surface area contributed by atoms with Crippen molar-refractivity contribution < 1.29 is 0 Å². The quantitative estimate of drug-likeness (QED) is 0.542. The smallest absolute Gasteiger partial charge is 0.0349 e. The Morgan fingerprint density at radius 2 is 2.30 bits per heavy atom. The van der Waals surface area contributed by atoms with Crippen LogP contribution in [0.25, 0.3) is 0 Å². The van der Waals surface area contributed by atoms with Crippen molar-refractivity contribution >= 4 is 0 Å². The zero-order chi connectivity index (χ0) is 7.23. The molecular formula is C8H14N2. The van der Waals surface area contributed by atoms with Gasteiger partial charge in [0.15, 0.2) is 0 Å². The number of hydrogen-bond acceptors (Lipinski definition) is 2. The standard InChI is InChI=1S/2C4H7N/c1-2-5-3-4-5;1-2-4-5-3-1/h2H,1,3-4H2;1,3,5H,2,4H2. The molecule has 1 fully saturated rings. The first-order valence-electron chi connectivity index (χ1n) is 3.68. The number of nitrogens with zero attached hydrogens (tertiary/aromatic N) is 1. The molecule has 2 heterocycles. The Hall–Kier alpha value is -0.920. The van der Waals surface area contributed by atoms with E-state index in [1.165, 1.54) is 19.5 Å². The van der Waals surface area contributed by atoms with Crippen molar-refractivity contribution in [2.45, 2.75) is 6.42 Å². The van der Waals surface area contributed by atoms with Gasteiger partial charge in [0.25, 0.3) is 0 Å². The minimum atomic E-state index is 1.14. The van der Waals surface area contributed by atoms with E-state index in [9.17, 15) is 0 Å². The molecule has 1 N–H and O–H groups in total.